The van der Waals surface area contributed by atoms with E-state index < -0.39 is 10.8 Å². The summed E-state index contributed by atoms with van der Waals surface area (Å²) < 4.78 is 11.4. The van der Waals surface area contributed by atoms with Gasteiger partial charge >= 0.3 is 0 Å². The highest BCUT2D eigenvalue weighted by Crippen LogP contribution is 2.21. The molecule has 106 valence electrons. The van der Waals surface area contributed by atoms with Crippen LogP contribution in [0.1, 0.15) is 31.0 Å². The first-order valence-corrected chi connectivity index (χ1v) is 8.34. The summed E-state index contributed by atoms with van der Waals surface area (Å²) >= 11 is 0. The molecule has 5 heteroatoms. The first kappa shape index (κ1) is 14.5. The molecule has 1 aromatic rings. The van der Waals surface area contributed by atoms with Gasteiger partial charge in [0.15, 0.2) is 0 Å². The van der Waals surface area contributed by atoms with Crippen molar-refractivity contribution in [3.8, 4) is 0 Å². The van der Waals surface area contributed by atoms with Gasteiger partial charge in [0.1, 0.15) is 5.82 Å². The molecular formula is C14H23N3OS. The molecule has 0 bridgehead atoms. The van der Waals surface area contributed by atoms with E-state index in [4.69, 9.17) is 4.98 Å². The highest BCUT2D eigenvalue weighted by molar-refractivity contribution is 7.85. The largest absolute Gasteiger partial charge is 0.355 e. The molecule has 19 heavy (non-hydrogen) atoms. The summed E-state index contributed by atoms with van der Waals surface area (Å²) in [5.41, 5.74) is 2.40. The van der Waals surface area contributed by atoms with E-state index in [-0.39, 0.29) is 0 Å². The second kappa shape index (κ2) is 6.48. The number of hydrogen-bond donors (Lipinski definition) is 1. The van der Waals surface area contributed by atoms with Crippen LogP contribution in [-0.2, 0) is 17.3 Å². The monoisotopic (exact) mass is 281 g/mol. The van der Waals surface area contributed by atoms with Crippen LogP contribution in [0.15, 0.2) is 12.1 Å². The highest BCUT2D eigenvalue weighted by atomic mass is 32.2. The van der Waals surface area contributed by atoms with E-state index in [9.17, 15) is 4.21 Å². The van der Waals surface area contributed by atoms with Crippen LogP contribution >= 0.6 is 0 Å². The zero-order chi connectivity index (χ0) is 13.8. The van der Waals surface area contributed by atoms with Crippen molar-refractivity contribution in [1.82, 2.24) is 10.3 Å². The molecule has 1 aliphatic heterocycles. The van der Waals surface area contributed by atoms with Crippen molar-refractivity contribution in [2.45, 2.75) is 26.3 Å². The van der Waals surface area contributed by atoms with E-state index in [1.54, 1.807) is 0 Å². The average Bonchev–Trinajstić information content (AvgIpc) is 2.39. The minimum Gasteiger partial charge on any atom is -0.355 e. The van der Waals surface area contributed by atoms with E-state index in [2.05, 4.69) is 36.2 Å². The third-order valence-electron chi connectivity index (χ3n) is 3.37. The molecule has 0 spiro atoms. The molecule has 0 aromatic carbocycles. The van der Waals surface area contributed by atoms with Crippen LogP contribution in [0.4, 0.5) is 5.82 Å². The van der Waals surface area contributed by atoms with E-state index >= 15 is 0 Å². The van der Waals surface area contributed by atoms with Crippen LogP contribution in [0.5, 0.6) is 0 Å². The lowest BCUT2D eigenvalue weighted by molar-refractivity contribution is 0.671. The van der Waals surface area contributed by atoms with Crippen molar-refractivity contribution in [1.29, 1.82) is 0 Å². The summed E-state index contributed by atoms with van der Waals surface area (Å²) in [5.74, 6) is 2.98. The molecular weight excluding hydrogens is 258 g/mol. The Morgan fingerprint density at radius 2 is 2.05 bits per heavy atom. The minimum absolute atomic E-state index is 0.425. The van der Waals surface area contributed by atoms with Gasteiger partial charge in [0, 0.05) is 47.6 Å². The molecule has 2 heterocycles. The standard InChI is InChI=1S/C14H23N3OS/c1-11(2)13-8-12(10-15-3)9-14(16-13)17-4-6-19(18)7-5-17/h8-9,11,15H,4-7,10H2,1-3H3. The van der Waals surface area contributed by atoms with E-state index in [1.165, 1.54) is 5.56 Å². The van der Waals surface area contributed by atoms with Crippen LogP contribution in [0.3, 0.4) is 0 Å². The third kappa shape index (κ3) is 3.76. The quantitative estimate of drug-likeness (QED) is 0.908. The first-order valence-electron chi connectivity index (χ1n) is 6.85. The molecule has 0 radical (unpaired) electrons. The molecule has 0 unspecified atom stereocenters. The predicted molar refractivity (Wildman–Crippen MR) is 81.2 cm³/mol. The summed E-state index contributed by atoms with van der Waals surface area (Å²) in [4.78, 5) is 7.02. The Morgan fingerprint density at radius 3 is 2.63 bits per heavy atom. The molecule has 1 aromatic heterocycles. The van der Waals surface area contributed by atoms with Crippen LogP contribution in [0, 0.1) is 0 Å². The molecule has 4 nitrogen and oxygen atoms in total. The predicted octanol–water partition coefficient (Wildman–Crippen LogP) is 1.49. The number of nitrogens with zero attached hydrogens (tertiary/aromatic N) is 2. The van der Waals surface area contributed by atoms with Gasteiger partial charge < -0.3 is 10.2 Å². The van der Waals surface area contributed by atoms with Crippen LogP contribution in [-0.4, -0.2) is 40.8 Å². The Morgan fingerprint density at radius 1 is 1.37 bits per heavy atom. The number of anilines is 1. The van der Waals surface area contributed by atoms with Crippen molar-refractivity contribution >= 4 is 16.6 Å². The van der Waals surface area contributed by atoms with Crippen molar-refractivity contribution in [3.05, 3.63) is 23.4 Å². The molecule has 0 atom stereocenters. The fourth-order valence-corrected chi connectivity index (χ4v) is 3.28. The maximum Gasteiger partial charge on any atom is 0.129 e. The minimum atomic E-state index is -0.639. The second-order valence-electron chi connectivity index (χ2n) is 5.28. The Kier molecular flexibility index (Phi) is 4.93. The van der Waals surface area contributed by atoms with Gasteiger partial charge in [-0.25, -0.2) is 4.98 Å². The zero-order valence-electron chi connectivity index (χ0n) is 12.0. The maximum atomic E-state index is 11.4. The normalized spacial score (nSPS) is 17.2. The van der Waals surface area contributed by atoms with E-state index in [0.29, 0.717) is 5.92 Å². The lowest BCUT2D eigenvalue weighted by Gasteiger charge is -2.28. The van der Waals surface area contributed by atoms with Gasteiger partial charge in [-0.3, -0.25) is 4.21 Å². The van der Waals surface area contributed by atoms with Gasteiger partial charge in [-0.1, -0.05) is 13.8 Å². The number of hydrogen-bond acceptors (Lipinski definition) is 4. The number of rotatable bonds is 4. The average molecular weight is 281 g/mol. The summed E-state index contributed by atoms with van der Waals surface area (Å²) in [6.07, 6.45) is 0. The molecule has 1 aliphatic rings. The summed E-state index contributed by atoms with van der Waals surface area (Å²) in [5, 5.41) is 3.19. The molecule has 1 fully saturated rings. The van der Waals surface area contributed by atoms with Gasteiger partial charge in [-0.15, -0.1) is 0 Å². The SMILES string of the molecule is CNCc1cc(C(C)C)nc(N2CCS(=O)CC2)c1. The van der Waals surface area contributed by atoms with Gasteiger partial charge in [-0.05, 0) is 30.7 Å². The molecule has 0 amide bonds. The highest BCUT2D eigenvalue weighted by Gasteiger charge is 2.18. The smallest absolute Gasteiger partial charge is 0.129 e. The molecule has 0 aliphatic carbocycles. The first-order chi connectivity index (χ1) is 9.10. The number of aromatic nitrogens is 1. The maximum absolute atomic E-state index is 11.4. The Labute approximate surface area is 118 Å². The van der Waals surface area contributed by atoms with Crippen molar-refractivity contribution in [3.63, 3.8) is 0 Å². The fraction of sp³-hybridized carbons (Fsp3) is 0.643. The van der Waals surface area contributed by atoms with Crippen molar-refractivity contribution < 1.29 is 4.21 Å². The summed E-state index contributed by atoms with van der Waals surface area (Å²) in [7, 11) is 1.32. The molecule has 0 saturated carbocycles. The van der Waals surface area contributed by atoms with Gasteiger partial charge in [0.05, 0.1) is 0 Å². The zero-order valence-corrected chi connectivity index (χ0v) is 12.8. The number of nitrogens with one attached hydrogen (secondary N) is 1. The van der Waals surface area contributed by atoms with Gasteiger partial charge in [0.2, 0.25) is 0 Å². The molecule has 1 saturated heterocycles. The number of pyridine rings is 1. The Hall–Kier alpha value is -0.940. The third-order valence-corrected chi connectivity index (χ3v) is 4.64. The van der Waals surface area contributed by atoms with E-state index in [0.717, 1.165) is 42.7 Å². The lowest BCUT2D eigenvalue weighted by Crippen LogP contribution is -2.38. The Balaban J connectivity index is 2.25. The molecule has 2 rings (SSSR count). The van der Waals surface area contributed by atoms with Gasteiger partial charge in [-0.2, -0.15) is 0 Å². The van der Waals surface area contributed by atoms with Crippen LogP contribution in [0.25, 0.3) is 0 Å². The topological polar surface area (TPSA) is 45.2 Å². The van der Waals surface area contributed by atoms with Crippen molar-refractivity contribution in [2.75, 3.05) is 36.5 Å². The summed E-state index contributed by atoms with van der Waals surface area (Å²) in [6, 6.07) is 4.32. The van der Waals surface area contributed by atoms with Crippen LogP contribution in [0.2, 0.25) is 0 Å². The molecule has 1 N–H and O–H groups in total. The summed E-state index contributed by atoms with van der Waals surface area (Å²) in [6.45, 7) is 6.89. The van der Waals surface area contributed by atoms with E-state index in [1.807, 2.05) is 7.05 Å². The second-order valence-corrected chi connectivity index (χ2v) is 6.97. The van der Waals surface area contributed by atoms with Crippen molar-refractivity contribution in [2.24, 2.45) is 0 Å². The van der Waals surface area contributed by atoms with Crippen LogP contribution < -0.4 is 10.2 Å². The Bertz CT molecular complexity index is 452. The fourth-order valence-electron chi connectivity index (χ4n) is 2.23. The lowest BCUT2D eigenvalue weighted by atomic mass is 10.1. The van der Waals surface area contributed by atoms with Gasteiger partial charge in [0.25, 0.3) is 0 Å².